The number of nitrogens with zero attached hydrogens (tertiary/aromatic N) is 1. The molecule has 1 saturated heterocycles. The number of carbonyl (C=O) groups is 1. The Balaban J connectivity index is 1.92. The van der Waals surface area contributed by atoms with Crippen LogP contribution in [0, 0.1) is 6.92 Å². The summed E-state index contributed by atoms with van der Waals surface area (Å²) in [6, 6.07) is 8.15. The predicted octanol–water partition coefficient (Wildman–Crippen LogP) is 3.04. The Morgan fingerprint density at radius 3 is 2.75 bits per heavy atom. The molecule has 1 aliphatic rings. The lowest BCUT2D eigenvalue weighted by Crippen LogP contribution is -2.36. The first-order valence-electron chi connectivity index (χ1n) is 7.34. The van der Waals surface area contributed by atoms with E-state index in [0.717, 1.165) is 31.6 Å². The Bertz CT molecular complexity index is 458. The van der Waals surface area contributed by atoms with Gasteiger partial charge in [0.05, 0.1) is 6.10 Å². The third kappa shape index (κ3) is 4.20. The number of likely N-dealkylation sites (N-methyl/N-ethyl adjacent to an activating group) is 1. The summed E-state index contributed by atoms with van der Waals surface area (Å²) in [5.74, 6) is 0.0589. The van der Waals surface area contributed by atoms with E-state index in [1.165, 1.54) is 5.56 Å². The summed E-state index contributed by atoms with van der Waals surface area (Å²) in [5.41, 5.74) is 2.28. The Morgan fingerprint density at radius 1 is 1.40 bits per heavy atom. The number of benzene rings is 1. The van der Waals surface area contributed by atoms with E-state index in [4.69, 9.17) is 4.74 Å². The highest BCUT2D eigenvalue weighted by Crippen LogP contribution is 2.14. The van der Waals surface area contributed by atoms with Crippen LogP contribution in [0.4, 0.5) is 0 Å². The van der Waals surface area contributed by atoms with Gasteiger partial charge >= 0.3 is 0 Å². The molecule has 3 heteroatoms. The van der Waals surface area contributed by atoms with Gasteiger partial charge in [0.25, 0.3) is 0 Å². The van der Waals surface area contributed by atoms with E-state index in [0.29, 0.717) is 6.54 Å². The summed E-state index contributed by atoms with van der Waals surface area (Å²) in [7, 11) is 0. The quantitative estimate of drug-likeness (QED) is 0.772. The fraction of sp³-hybridized carbons (Fsp3) is 0.471. The van der Waals surface area contributed by atoms with Gasteiger partial charge in [-0.25, -0.2) is 0 Å². The second kappa shape index (κ2) is 7.25. The Morgan fingerprint density at radius 2 is 2.15 bits per heavy atom. The smallest absolute Gasteiger partial charge is 0.246 e. The number of aryl methyl sites for hydroxylation is 1. The van der Waals surface area contributed by atoms with Gasteiger partial charge in [0.1, 0.15) is 0 Å². The van der Waals surface area contributed by atoms with Crippen LogP contribution in [-0.4, -0.2) is 36.6 Å². The van der Waals surface area contributed by atoms with Crippen LogP contribution in [0.2, 0.25) is 0 Å². The molecule has 1 atom stereocenters. The number of ether oxygens (including phenoxy) is 1. The molecule has 0 bridgehead atoms. The zero-order valence-electron chi connectivity index (χ0n) is 12.3. The molecule has 3 nitrogen and oxygen atoms in total. The van der Waals surface area contributed by atoms with E-state index < -0.39 is 0 Å². The number of rotatable bonds is 5. The molecular weight excluding hydrogens is 250 g/mol. The lowest BCUT2D eigenvalue weighted by molar-refractivity contribution is -0.127. The van der Waals surface area contributed by atoms with Gasteiger partial charge in [-0.15, -0.1) is 0 Å². The molecule has 1 aliphatic heterocycles. The van der Waals surface area contributed by atoms with Crippen molar-refractivity contribution < 1.29 is 9.53 Å². The molecular formula is C17H23NO2. The van der Waals surface area contributed by atoms with Crippen molar-refractivity contribution in [1.29, 1.82) is 0 Å². The molecule has 1 aromatic rings. The topological polar surface area (TPSA) is 29.5 Å². The van der Waals surface area contributed by atoms with Crippen LogP contribution in [-0.2, 0) is 9.53 Å². The van der Waals surface area contributed by atoms with Gasteiger partial charge in [-0.2, -0.15) is 0 Å². The van der Waals surface area contributed by atoms with Gasteiger partial charge in [-0.3, -0.25) is 4.79 Å². The minimum atomic E-state index is 0.0589. The number of carbonyl (C=O) groups excluding carboxylic acids is 1. The molecule has 0 spiro atoms. The molecule has 1 heterocycles. The molecule has 1 fully saturated rings. The molecule has 0 radical (unpaired) electrons. The number of amides is 1. The summed E-state index contributed by atoms with van der Waals surface area (Å²) in [4.78, 5) is 14.0. The van der Waals surface area contributed by atoms with E-state index in [9.17, 15) is 4.79 Å². The van der Waals surface area contributed by atoms with Crippen LogP contribution in [0.15, 0.2) is 30.3 Å². The average Bonchev–Trinajstić information content (AvgIpc) is 2.97. The maximum atomic E-state index is 12.2. The molecule has 108 valence electrons. The molecule has 1 aromatic carbocycles. The van der Waals surface area contributed by atoms with Crippen molar-refractivity contribution in [2.75, 3.05) is 19.7 Å². The fourth-order valence-corrected chi connectivity index (χ4v) is 2.36. The Labute approximate surface area is 121 Å². The second-order valence-corrected chi connectivity index (χ2v) is 5.26. The van der Waals surface area contributed by atoms with E-state index in [1.807, 2.05) is 42.2 Å². The van der Waals surface area contributed by atoms with E-state index in [2.05, 4.69) is 6.92 Å². The van der Waals surface area contributed by atoms with E-state index in [-0.39, 0.29) is 12.0 Å². The Kier molecular flexibility index (Phi) is 5.36. The highest BCUT2D eigenvalue weighted by Gasteiger charge is 2.20. The average molecular weight is 273 g/mol. The van der Waals surface area contributed by atoms with Crippen LogP contribution in [0.25, 0.3) is 6.08 Å². The van der Waals surface area contributed by atoms with E-state index in [1.54, 1.807) is 6.08 Å². The van der Waals surface area contributed by atoms with E-state index >= 15 is 0 Å². The minimum absolute atomic E-state index is 0.0589. The van der Waals surface area contributed by atoms with Crippen molar-refractivity contribution in [3.63, 3.8) is 0 Å². The van der Waals surface area contributed by atoms with Crippen LogP contribution in [0.3, 0.4) is 0 Å². The SMILES string of the molecule is CCN(CC1CCCO1)C(=O)/C=C/c1ccc(C)cc1. The zero-order valence-corrected chi connectivity index (χ0v) is 12.3. The Hall–Kier alpha value is -1.61. The van der Waals surface area contributed by atoms with Gasteiger partial charge in [-0.05, 0) is 38.3 Å². The monoisotopic (exact) mass is 273 g/mol. The van der Waals surface area contributed by atoms with Crippen molar-refractivity contribution >= 4 is 12.0 Å². The molecule has 2 rings (SSSR count). The van der Waals surface area contributed by atoms with Gasteiger partial charge < -0.3 is 9.64 Å². The molecule has 1 amide bonds. The summed E-state index contributed by atoms with van der Waals surface area (Å²) in [6.45, 7) is 6.31. The van der Waals surface area contributed by atoms with Crippen LogP contribution in [0.5, 0.6) is 0 Å². The maximum absolute atomic E-state index is 12.2. The molecule has 0 aromatic heterocycles. The summed E-state index contributed by atoms with van der Waals surface area (Å²) in [6.07, 6.45) is 5.91. The summed E-state index contributed by atoms with van der Waals surface area (Å²) < 4.78 is 5.59. The lowest BCUT2D eigenvalue weighted by atomic mass is 10.1. The van der Waals surface area contributed by atoms with Crippen LogP contribution >= 0.6 is 0 Å². The normalized spacial score (nSPS) is 18.6. The summed E-state index contributed by atoms with van der Waals surface area (Å²) in [5, 5.41) is 0. The van der Waals surface area contributed by atoms with Crippen molar-refractivity contribution in [3.05, 3.63) is 41.5 Å². The largest absolute Gasteiger partial charge is 0.376 e. The molecule has 20 heavy (non-hydrogen) atoms. The first-order chi connectivity index (χ1) is 9.69. The fourth-order valence-electron chi connectivity index (χ4n) is 2.36. The first-order valence-corrected chi connectivity index (χ1v) is 7.34. The number of hydrogen-bond acceptors (Lipinski definition) is 2. The van der Waals surface area contributed by atoms with Gasteiger partial charge in [0, 0.05) is 25.8 Å². The third-order valence-electron chi connectivity index (χ3n) is 3.64. The molecule has 0 saturated carbocycles. The second-order valence-electron chi connectivity index (χ2n) is 5.26. The maximum Gasteiger partial charge on any atom is 0.246 e. The molecule has 0 N–H and O–H groups in total. The van der Waals surface area contributed by atoms with Gasteiger partial charge in [0.2, 0.25) is 5.91 Å². The van der Waals surface area contributed by atoms with Crippen LogP contribution in [0.1, 0.15) is 30.9 Å². The van der Waals surface area contributed by atoms with Gasteiger partial charge in [-0.1, -0.05) is 29.8 Å². The van der Waals surface area contributed by atoms with Crippen molar-refractivity contribution in [2.45, 2.75) is 32.8 Å². The standard InChI is InChI=1S/C17H23NO2/c1-3-18(13-16-5-4-12-20-16)17(19)11-10-15-8-6-14(2)7-9-15/h6-11,16H,3-5,12-13H2,1-2H3/b11-10+. The lowest BCUT2D eigenvalue weighted by Gasteiger charge is -2.22. The van der Waals surface area contributed by atoms with Crippen molar-refractivity contribution in [3.8, 4) is 0 Å². The minimum Gasteiger partial charge on any atom is -0.376 e. The molecule has 1 unspecified atom stereocenters. The third-order valence-corrected chi connectivity index (χ3v) is 3.64. The highest BCUT2D eigenvalue weighted by molar-refractivity contribution is 5.91. The first kappa shape index (κ1) is 14.8. The molecule has 0 aliphatic carbocycles. The van der Waals surface area contributed by atoms with Crippen LogP contribution < -0.4 is 0 Å². The predicted molar refractivity (Wildman–Crippen MR) is 81.4 cm³/mol. The summed E-state index contributed by atoms with van der Waals surface area (Å²) >= 11 is 0. The highest BCUT2D eigenvalue weighted by atomic mass is 16.5. The van der Waals surface area contributed by atoms with Crippen molar-refractivity contribution in [2.24, 2.45) is 0 Å². The number of hydrogen-bond donors (Lipinski definition) is 0. The van der Waals surface area contributed by atoms with Crippen molar-refractivity contribution in [1.82, 2.24) is 4.90 Å². The van der Waals surface area contributed by atoms with Gasteiger partial charge in [0.15, 0.2) is 0 Å². The zero-order chi connectivity index (χ0) is 14.4.